The van der Waals surface area contributed by atoms with Crippen molar-refractivity contribution in [1.82, 2.24) is 10.3 Å². The largest absolute Gasteiger partial charge is 0.480 e. The van der Waals surface area contributed by atoms with Gasteiger partial charge in [0.15, 0.2) is 6.61 Å². The van der Waals surface area contributed by atoms with E-state index in [0.29, 0.717) is 10.8 Å². The zero-order valence-electron chi connectivity index (χ0n) is 15.5. The van der Waals surface area contributed by atoms with Crippen LogP contribution >= 0.6 is 11.6 Å². The summed E-state index contributed by atoms with van der Waals surface area (Å²) in [5.74, 6) is -0.529. The van der Waals surface area contributed by atoms with E-state index in [2.05, 4.69) is 17.2 Å². The highest BCUT2D eigenvalue weighted by molar-refractivity contribution is 6.30. The number of para-hydroxylation sites is 1. The number of carboxylic acids is 1. The van der Waals surface area contributed by atoms with Crippen molar-refractivity contribution in [3.63, 3.8) is 0 Å². The van der Waals surface area contributed by atoms with Crippen molar-refractivity contribution in [1.29, 1.82) is 0 Å². The Balaban J connectivity index is 1.88. The molecule has 0 radical (unpaired) electrons. The van der Waals surface area contributed by atoms with Gasteiger partial charge in [-0.1, -0.05) is 42.8 Å². The molecule has 0 amide bonds. The molecule has 0 aliphatic rings. The number of benzene rings is 2. The number of aliphatic carboxylic acids is 1. The lowest BCUT2D eigenvalue weighted by molar-refractivity contribution is -0.139. The molecule has 3 rings (SSSR count). The summed E-state index contributed by atoms with van der Waals surface area (Å²) in [6.45, 7) is 1.60. The van der Waals surface area contributed by atoms with Gasteiger partial charge in [-0.3, -0.25) is 0 Å². The lowest BCUT2D eigenvalue weighted by atomic mass is 10.00. The molecule has 3 aromatic rings. The molecule has 0 saturated carbocycles. The van der Waals surface area contributed by atoms with Gasteiger partial charge >= 0.3 is 5.97 Å². The lowest BCUT2D eigenvalue weighted by Crippen LogP contribution is -2.28. The van der Waals surface area contributed by atoms with E-state index in [0.717, 1.165) is 28.5 Å². The Morgan fingerprint density at radius 2 is 2.04 bits per heavy atom. The van der Waals surface area contributed by atoms with Crippen LogP contribution in [0.15, 0.2) is 48.7 Å². The molecule has 2 aromatic carbocycles. The van der Waals surface area contributed by atoms with Crippen molar-refractivity contribution < 1.29 is 19.7 Å². The molecule has 0 bridgehead atoms. The van der Waals surface area contributed by atoms with E-state index in [1.165, 1.54) is 0 Å². The molecular formula is C21H23ClN2O4. The SMILES string of the molecule is CCC(NC(CO)c1cccc(Cl)c1)c1c[nH]c2c(OCC(=O)O)cccc12. The first kappa shape index (κ1) is 20.2. The predicted molar refractivity (Wildman–Crippen MR) is 109 cm³/mol. The van der Waals surface area contributed by atoms with Gasteiger partial charge in [-0.2, -0.15) is 0 Å². The summed E-state index contributed by atoms with van der Waals surface area (Å²) in [7, 11) is 0. The summed E-state index contributed by atoms with van der Waals surface area (Å²) < 4.78 is 5.39. The number of aromatic amines is 1. The molecule has 0 aliphatic heterocycles. The fraction of sp³-hybridized carbons (Fsp3) is 0.286. The lowest BCUT2D eigenvalue weighted by Gasteiger charge is -2.24. The maximum atomic E-state index is 10.8. The number of nitrogens with one attached hydrogen (secondary N) is 2. The van der Waals surface area contributed by atoms with Crippen LogP contribution in [-0.4, -0.2) is 34.4 Å². The number of fused-ring (bicyclic) bond motifs is 1. The highest BCUT2D eigenvalue weighted by atomic mass is 35.5. The number of aliphatic hydroxyl groups excluding tert-OH is 1. The molecule has 0 saturated heterocycles. The molecule has 7 heteroatoms. The summed E-state index contributed by atoms with van der Waals surface area (Å²) in [6.07, 6.45) is 2.69. The maximum Gasteiger partial charge on any atom is 0.341 e. The number of carboxylic acid groups (broad SMARTS) is 1. The van der Waals surface area contributed by atoms with Gasteiger partial charge in [0.1, 0.15) is 5.75 Å². The van der Waals surface area contributed by atoms with E-state index in [1.54, 1.807) is 12.1 Å². The summed E-state index contributed by atoms with van der Waals surface area (Å²) >= 11 is 6.09. The van der Waals surface area contributed by atoms with Crippen molar-refractivity contribution in [3.05, 3.63) is 64.8 Å². The molecule has 28 heavy (non-hydrogen) atoms. The first-order chi connectivity index (χ1) is 13.5. The number of carbonyl (C=O) groups is 1. The second kappa shape index (κ2) is 9.10. The van der Waals surface area contributed by atoms with Crippen LogP contribution in [0.25, 0.3) is 10.9 Å². The van der Waals surface area contributed by atoms with Crippen LogP contribution in [0.2, 0.25) is 5.02 Å². The normalized spacial score (nSPS) is 13.4. The van der Waals surface area contributed by atoms with Gasteiger partial charge in [0, 0.05) is 22.6 Å². The highest BCUT2D eigenvalue weighted by Gasteiger charge is 2.20. The van der Waals surface area contributed by atoms with E-state index in [4.69, 9.17) is 21.4 Å². The van der Waals surface area contributed by atoms with Gasteiger partial charge in [0.05, 0.1) is 18.2 Å². The third kappa shape index (κ3) is 4.47. The van der Waals surface area contributed by atoms with Crippen molar-refractivity contribution in [2.24, 2.45) is 0 Å². The average molecular weight is 403 g/mol. The summed E-state index contributed by atoms with van der Waals surface area (Å²) in [5.41, 5.74) is 2.69. The monoisotopic (exact) mass is 402 g/mol. The van der Waals surface area contributed by atoms with Gasteiger partial charge in [-0.05, 0) is 35.7 Å². The number of H-pyrrole nitrogens is 1. The molecule has 0 spiro atoms. The first-order valence-corrected chi connectivity index (χ1v) is 9.48. The quantitative estimate of drug-likeness (QED) is 0.433. The Labute approximate surface area is 168 Å². The zero-order chi connectivity index (χ0) is 20.1. The van der Waals surface area contributed by atoms with Crippen LogP contribution in [-0.2, 0) is 4.79 Å². The molecule has 148 valence electrons. The maximum absolute atomic E-state index is 10.8. The van der Waals surface area contributed by atoms with E-state index in [9.17, 15) is 9.90 Å². The minimum Gasteiger partial charge on any atom is -0.480 e. The number of hydrogen-bond donors (Lipinski definition) is 4. The van der Waals surface area contributed by atoms with Crippen LogP contribution in [0.1, 0.15) is 36.6 Å². The van der Waals surface area contributed by atoms with Crippen molar-refractivity contribution >= 4 is 28.5 Å². The Kier molecular flexibility index (Phi) is 6.57. The fourth-order valence-corrected chi connectivity index (χ4v) is 3.54. The van der Waals surface area contributed by atoms with Gasteiger partial charge in [-0.25, -0.2) is 4.79 Å². The van der Waals surface area contributed by atoms with Crippen molar-refractivity contribution in [2.75, 3.05) is 13.2 Å². The van der Waals surface area contributed by atoms with Gasteiger partial charge < -0.3 is 25.3 Å². The molecule has 2 unspecified atom stereocenters. The van der Waals surface area contributed by atoms with Gasteiger partial charge in [0.25, 0.3) is 0 Å². The van der Waals surface area contributed by atoms with Crippen molar-refractivity contribution in [3.8, 4) is 5.75 Å². The van der Waals surface area contributed by atoms with Gasteiger partial charge in [0.2, 0.25) is 0 Å². The van der Waals surface area contributed by atoms with E-state index < -0.39 is 12.6 Å². The number of aliphatic hydroxyl groups is 1. The van der Waals surface area contributed by atoms with Gasteiger partial charge in [-0.15, -0.1) is 0 Å². The molecule has 1 heterocycles. The Bertz CT molecular complexity index is 956. The van der Waals surface area contributed by atoms with E-state index >= 15 is 0 Å². The Hall–Kier alpha value is -2.54. The molecule has 4 N–H and O–H groups in total. The molecule has 2 atom stereocenters. The average Bonchev–Trinajstić information content (AvgIpc) is 3.12. The predicted octanol–water partition coefficient (Wildman–Crippen LogP) is 4.06. The van der Waals surface area contributed by atoms with Crippen LogP contribution in [0.3, 0.4) is 0 Å². The van der Waals surface area contributed by atoms with Crippen LogP contribution in [0.5, 0.6) is 5.75 Å². The molecular weight excluding hydrogens is 380 g/mol. The zero-order valence-corrected chi connectivity index (χ0v) is 16.2. The molecule has 6 nitrogen and oxygen atoms in total. The van der Waals surface area contributed by atoms with E-state index in [1.807, 2.05) is 36.5 Å². The standard InChI is InChI=1S/C21H23ClN2O4/c1-2-17(24-18(11-25)13-5-3-6-14(22)9-13)16-10-23-21-15(16)7-4-8-19(21)28-12-20(26)27/h3-10,17-18,23-25H,2,11-12H2,1H3,(H,26,27). The highest BCUT2D eigenvalue weighted by Crippen LogP contribution is 2.33. The molecule has 0 fully saturated rings. The third-order valence-corrected chi connectivity index (χ3v) is 4.92. The number of ether oxygens (including phenoxy) is 1. The summed E-state index contributed by atoms with van der Waals surface area (Å²) in [4.78, 5) is 14.0. The summed E-state index contributed by atoms with van der Waals surface area (Å²) in [6, 6.07) is 12.7. The number of aromatic nitrogens is 1. The Morgan fingerprint density at radius 1 is 1.25 bits per heavy atom. The summed E-state index contributed by atoms with van der Waals surface area (Å²) in [5, 5.41) is 23.8. The van der Waals surface area contributed by atoms with Crippen LogP contribution in [0.4, 0.5) is 0 Å². The number of hydrogen-bond acceptors (Lipinski definition) is 4. The number of rotatable bonds is 9. The number of halogens is 1. The second-order valence-electron chi connectivity index (χ2n) is 6.52. The van der Waals surface area contributed by atoms with E-state index in [-0.39, 0.29) is 18.7 Å². The fourth-order valence-electron chi connectivity index (χ4n) is 3.34. The second-order valence-corrected chi connectivity index (χ2v) is 6.96. The molecule has 0 aliphatic carbocycles. The van der Waals surface area contributed by atoms with Crippen molar-refractivity contribution in [2.45, 2.75) is 25.4 Å². The third-order valence-electron chi connectivity index (χ3n) is 4.68. The first-order valence-electron chi connectivity index (χ1n) is 9.10. The Morgan fingerprint density at radius 3 is 2.71 bits per heavy atom. The topological polar surface area (TPSA) is 94.6 Å². The van der Waals surface area contributed by atoms with Crippen LogP contribution in [0, 0.1) is 0 Å². The van der Waals surface area contributed by atoms with Crippen LogP contribution < -0.4 is 10.1 Å². The molecule has 1 aromatic heterocycles. The minimum absolute atomic E-state index is 0.0281. The smallest absolute Gasteiger partial charge is 0.341 e. The minimum atomic E-state index is -1.02.